The number of hydroxylamine groups is 1. The molecule has 0 aromatic carbocycles. The Labute approximate surface area is 72.7 Å². The molecule has 4 N–H and O–H groups in total. The minimum atomic E-state index is 0.139. The summed E-state index contributed by atoms with van der Waals surface area (Å²) in [5.41, 5.74) is 2.72. The van der Waals surface area contributed by atoms with Crippen molar-refractivity contribution in [2.45, 2.75) is 6.42 Å². The van der Waals surface area contributed by atoms with Crippen LogP contribution in [-0.2, 0) is 4.84 Å². The largest absolute Gasteiger partial charge is 0.395 e. The fourth-order valence-corrected chi connectivity index (χ4v) is 0.644. The van der Waals surface area contributed by atoms with Gasteiger partial charge in [0.1, 0.15) is 0 Å². The fraction of sp³-hybridized carbons (Fsp3) is 1.00. The molecule has 12 heavy (non-hydrogen) atoms. The van der Waals surface area contributed by atoms with Crippen molar-refractivity contribution >= 4 is 0 Å². The van der Waals surface area contributed by atoms with Crippen LogP contribution in [0.5, 0.6) is 0 Å². The van der Waals surface area contributed by atoms with Gasteiger partial charge < -0.3 is 20.4 Å². The molecule has 0 atom stereocenters. The lowest BCUT2D eigenvalue weighted by atomic mass is 10.5. The van der Waals surface area contributed by atoms with E-state index in [1.807, 2.05) is 0 Å². The fourth-order valence-electron chi connectivity index (χ4n) is 0.644. The Morgan fingerprint density at radius 3 is 2.17 bits per heavy atom. The molecule has 0 saturated carbocycles. The van der Waals surface area contributed by atoms with Crippen LogP contribution in [0.4, 0.5) is 0 Å². The molecule has 5 heteroatoms. The summed E-state index contributed by atoms with van der Waals surface area (Å²) in [4.78, 5) is 4.69. The molecule has 1 aliphatic heterocycles. The summed E-state index contributed by atoms with van der Waals surface area (Å²) in [7, 11) is 0. The van der Waals surface area contributed by atoms with E-state index in [-0.39, 0.29) is 13.2 Å². The Morgan fingerprint density at radius 2 is 1.92 bits per heavy atom. The first-order valence-electron chi connectivity index (χ1n) is 4.19. The van der Waals surface area contributed by atoms with Gasteiger partial charge in [-0.25, -0.2) is 5.48 Å². The van der Waals surface area contributed by atoms with Crippen molar-refractivity contribution in [3.63, 3.8) is 0 Å². The molecule has 0 radical (unpaired) electrons. The third kappa shape index (κ3) is 9.80. The highest BCUT2D eigenvalue weighted by atomic mass is 16.6. The number of aliphatic hydroxyl groups is 2. The first-order valence-corrected chi connectivity index (χ1v) is 4.19. The highest BCUT2D eigenvalue weighted by Crippen LogP contribution is 1.83. The maximum atomic E-state index is 8.15. The van der Waals surface area contributed by atoms with Crippen LogP contribution < -0.4 is 10.8 Å². The highest BCUT2D eigenvalue weighted by molar-refractivity contribution is 4.41. The molecule has 0 spiro atoms. The van der Waals surface area contributed by atoms with Crippen LogP contribution in [0.2, 0.25) is 0 Å². The summed E-state index contributed by atoms with van der Waals surface area (Å²) in [6.07, 6.45) is 1.17. The quantitative estimate of drug-likeness (QED) is 0.393. The van der Waals surface area contributed by atoms with E-state index in [1.54, 1.807) is 0 Å². The van der Waals surface area contributed by atoms with Crippen LogP contribution in [0.15, 0.2) is 0 Å². The van der Waals surface area contributed by atoms with Crippen molar-refractivity contribution in [1.82, 2.24) is 10.8 Å². The van der Waals surface area contributed by atoms with Gasteiger partial charge in [0.25, 0.3) is 0 Å². The van der Waals surface area contributed by atoms with Crippen LogP contribution in [0, 0.1) is 0 Å². The maximum Gasteiger partial charge on any atom is 0.0695 e. The Bertz CT molecular complexity index is 67.4. The van der Waals surface area contributed by atoms with E-state index in [0.29, 0.717) is 13.1 Å². The maximum absolute atomic E-state index is 8.15. The zero-order valence-corrected chi connectivity index (χ0v) is 7.25. The Morgan fingerprint density at radius 1 is 1.25 bits per heavy atom. The van der Waals surface area contributed by atoms with Crippen LogP contribution in [0.25, 0.3) is 0 Å². The molecule has 1 heterocycles. The first-order chi connectivity index (χ1) is 5.91. The number of aliphatic hydroxyl groups excluding tert-OH is 2. The first kappa shape index (κ1) is 11.8. The summed E-state index contributed by atoms with van der Waals surface area (Å²) >= 11 is 0. The molecule has 1 fully saturated rings. The van der Waals surface area contributed by atoms with Gasteiger partial charge in [-0.05, 0) is 6.42 Å². The normalized spacial score (nSPS) is 15.5. The minimum absolute atomic E-state index is 0.139. The predicted octanol–water partition coefficient (Wildman–Crippen LogP) is -1.53. The molecule has 74 valence electrons. The molecule has 5 nitrogen and oxygen atoms in total. The van der Waals surface area contributed by atoms with Gasteiger partial charge in [0.05, 0.1) is 19.8 Å². The van der Waals surface area contributed by atoms with E-state index in [0.717, 1.165) is 13.2 Å². The summed E-state index contributed by atoms with van der Waals surface area (Å²) in [6.45, 7) is 3.33. The van der Waals surface area contributed by atoms with Gasteiger partial charge in [0.15, 0.2) is 0 Å². The van der Waals surface area contributed by atoms with Crippen LogP contribution in [0.1, 0.15) is 6.42 Å². The zero-order chi connectivity index (χ0) is 9.07. The van der Waals surface area contributed by atoms with Crippen molar-refractivity contribution in [2.24, 2.45) is 0 Å². The van der Waals surface area contributed by atoms with Crippen molar-refractivity contribution < 1.29 is 15.1 Å². The van der Waals surface area contributed by atoms with Gasteiger partial charge >= 0.3 is 0 Å². The molecule has 1 rings (SSSR count). The zero-order valence-electron chi connectivity index (χ0n) is 7.25. The molecule has 0 unspecified atom stereocenters. The van der Waals surface area contributed by atoms with Gasteiger partial charge in [-0.2, -0.15) is 0 Å². The lowest BCUT2D eigenvalue weighted by molar-refractivity contribution is 0.103. The monoisotopic (exact) mass is 178 g/mol. The average Bonchev–Trinajstić information content (AvgIpc) is 2.62. The van der Waals surface area contributed by atoms with Gasteiger partial charge in [-0.1, -0.05) is 0 Å². The standard InChI is InChI=1S/C4H11NO2.C3H7NO/c6-3-1-5-2-4-7;1-2-4-5-3-1/h5-7H,1-4H2;4H,1-3H2. The van der Waals surface area contributed by atoms with E-state index in [1.165, 1.54) is 6.42 Å². The van der Waals surface area contributed by atoms with E-state index >= 15 is 0 Å². The molecule has 1 saturated heterocycles. The number of hydrogen-bond donors (Lipinski definition) is 4. The Kier molecular flexibility index (Phi) is 10.6. The van der Waals surface area contributed by atoms with E-state index < -0.39 is 0 Å². The van der Waals surface area contributed by atoms with Crippen molar-refractivity contribution in [3.05, 3.63) is 0 Å². The van der Waals surface area contributed by atoms with Gasteiger partial charge in [-0.3, -0.25) is 0 Å². The third-order valence-corrected chi connectivity index (χ3v) is 1.20. The van der Waals surface area contributed by atoms with Gasteiger partial charge in [-0.15, -0.1) is 0 Å². The van der Waals surface area contributed by atoms with Crippen molar-refractivity contribution in [3.8, 4) is 0 Å². The van der Waals surface area contributed by atoms with Gasteiger partial charge in [0.2, 0.25) is 0 Å². The summed E-state index contributed by atoms with van der Waals surface area (Å²) in [6, 6.07) is 0. The Balaban J connectivity index is 0.000000211. The van der Waals surface area contributed by atoms with E-state index in [4.69, 9.17) is 15.1 Å². The third-order valence-electron chi connectivity index (χ3n) is 1.20. The SMILES string of the molecule is C1CNOC1.OCCNCCO. The number of hydrogen-bond acceptors (Lipinski definition) is 5. The summed E-state index contributed by atoms with van der Waals surface area (Å²) in [5, 5.41) is 19.1. The lowest BCUT2D eigenvalue weighted by Gasteiger charge is -1.94. The second-order valence-corrected chi connectivity index (χ2v) is 2.29. The second-order valence-electron chi connectivity index (χ2n) is 2.29. The van der Waals surface area contributed by atoms with E-state index in [2.05, 4.69) is 10.8 Å². The minimum Gasteiger partial charge on any atom is -0.395 e. The molecule has 0 bridgehead atoms. The molecule has 0 amide bonds. The summed E-state index contributed by atoms with van der Waals surface area (Å²) in [5.74, 6) is 0. The molecule has 0 aromatic rings. The molecule has 0 aliphatic carbocycles. The predicted molar refractivity (Wildman–Crippen MR) is 45.6 cm³/mol. The highest BCUT2D eigenvalue weighted by Gasteiger charge is 1.93. The molecule has 1 aliphatic rings. The van der Waals surface area contributed by atoms with Crippen molar-refractivity contribution in [2.75, 3.05) is 39.5 Å². The van der Waals surface area contributed by atoms with Crippen LogP contribution >= 0.6 is 0 Å². The molecular formula is C7H18N2O3. The topological polar surface area (TPSA) is 73.8 Å². The number of nitrogens with one attached hydrogen (secondary N) is 2. The van der Waals surface area contributed by atoms with Crippen LogP contribution in [-0.4, -0.2) is 49.7 Å². The smallest absolute Gasteiger partial charge is 0.0695 e. The van der Waals surface area contributed by atoms with Gasteiger partial charge in [0, 0.05) is 19.6 Å². The lowest BCUT2D eigenvalue weighted by Crippen LogP contribution is -2.21. The van der Waals surface area contributed by atoms with Crippen LogP contribution in [0.3, 0.4) is 0 Å². The Hall–Kier alpha value is -0.200. The average molecular weight is 178 g/mol. The number of rotatable bonds is 4. The summed E-state index contributed by atoms with van der Waals surface area (Å²) < 4.78 is 0. The second kappa shape index (κ2) is 10.8. The molecular weight excluding hydrogens is 160 g/mol. The van der Waals surface area contributed by atoms with E-state index in [9.17, 15) is 0 Å². The van der Waals surface area contributed by atoms with Crippen molar-refractivity contribution in [1.29, 1.82) is 0 Å². The molecule has 0 aromatic heterocycles.